The Morgan fingerprint density at radius 1 is 1.43 bits per heavy atom. The van der Waals surface area contributed by atoms with Crippen LogP contribution in [-0.4, -0.2) is 0 Å². The van der Waals surface area contributed by atoms with E-state index in [9.17, 15) is 0 Å². The molecule has 0 spiro atoms. The Morgan fingerprint density at radius 3 is 2.86 bits per heavy atom. The van der Waals surface area contributed by atoms with Crippen molar-refractivity contribution in [2.75, 3.05) is 0 Å². The van der Waals surface area contributed by atoms with Crippen LogP contribution in [0.5, 0.6) is 0 Å². The summed E-state index contributed by atoms with van der Waals surface area (Å²) in [6, 6.07) is 0. The average Bonchev–Trinajstić information content (AvgIpc) is 2.71. The van der Waals surface area contributed by atoms with Crippen LogP contribution in [0.4, 0.5) is 0 Å². The topological polar surface area (TPSA) is 0 Å². The van der Waals surface area contributed by atoms with Crippen LogP contribution >= 0.6 is 0 Å². The molecular weight excluding hydrogens is 168 g/mol. The highest BCUT2D eigenvalue weighted by molar-refractivity contribution is 5.03. The van der Waals surface area contributed by atoms with Crippen molar-refractivity contribution < 1.29 is 0 Å². The number of hydrogen-bond acceptors (Lipinski definition) is 0. The number of unbranched alkanes of at least 4 members (excludes halogenated alkanes) is 1. The Kier molecular flexibility index (Phi) is 5.66. The Labute approximate surface area is 89.1 Å². The molecule has 0 radical (unpaired) electrons. The van der Waals surface area contributed by atoms with E-state index in [1.807, 2.05) is 0 Å². The van der Waals surface area contributed by atoms with E-state index in [1.165, 1.54) is 44.9 Å². The van der Waals surface area contributed by atoms with Crippen molar-refractivity contribution >= 4 is 0 Å². The summed E-state index contributed by atoms with van der Waals surface area (Å²) < 4.78 is 0. The predicted octanol–water partition coefficient (Wildman–Crippen LogP) is 4.87. The highest BCUT2D eigenvalue weighted by Gasteiger charge is 2.09. The van der Waals surface area contributed by atoms with E-state index < -0.39 is 0 Å². The fourth-order valence-electron chi connectivity index (χ4n) is 2.12. The molecular formula is C14H24. The summed E-state index contributed by atoms with van der Waals surface area (Å²) in [6.45, 7) is 4.46. The van der Waals surface area contributed by atoms with Crippen LogP contribution in [0.25, 0.3) is 0 Å². The third kappa shape index (κ3) is 4.13. The number of hydrogen-bond donors (Lipinski definition) is 0. The molecule has 1 atom stereocenters. The minimum absolute atomic E-state index is 0.881. The first kappa shape index (κ1) is 11.6. The van der Waals surface area contributed by atoms with Crippen LogP contribution in [0.15, 0.2) is 23.8 Å². The monoisotopic (exact) mass is 192 g/mol. The maximum Gasteiger partial charge on any atom is -0.0228 e. The lowest BCUT2D eigenvalue weighted by atomic mass is 9.96. The molecule has 0 bridgehead atoms. The van der Waals surface area contributed by atoms with Crippen molar-refractivity contribution in [3.63, 3.8) is 0 Å². The van der Waals surface area contributed by atoms with Crippen molar-refractivity contribution in [1.82, 2.24) is 0 Å². The van der Waals surface area contributed by atoms with Gasteiger partial charge in [0.2, 0.25) is 0 Å². The Bertz CT molecular complexity index is 198. The zero-order valence-corrected chi connectivity index (χ0v) is 9.76. The van der Waals surface area contributed by atoms with Gasteiger partial charge in [-0.2, -0.15) is 0 Å². The van der Waals surface area contributed by atoms with Gasteiger partial charge in [0.1, 0.15) is 0 Å². The van der Waals surface area contributed by atoms with Gasteiger partial charge in [-0.1, -0.05) is 37.1 Å². The van der Waals surface area contributed by atoms with Gasteiger partial charge in [-0.25, -0.2) is 0 Å². The van der Waals surface area contributed by atoms with Crippen LogP contribution in [-0.2, 0) is 0 Å². The summed E-state index contributed by atoms with van der Waals surface area (Å²) >= 11 is 0. The van der Waals surface area contributed by atoms with E-state index in [2.05, 4.69) is 32.1 Å². The van der Waals surface area contributed by atoms with E-state index in [0.29, 0.717) is 0 Å². The summed E-state index contributed by atoms with van der Waals surface area (Å²) in [5, 5.41) is 0. The first-order valence-electron chi connectivity index (χ1n) is 6.17. The second-order valence-electron chi connectivity index (χ2n) is 4.35. The summed E-state index contributed by atoms with van der Waals surface area (Å²) in [6.07, 6.45) is 16.5. The second kappa shape index (κ2) is 6.86. The van der Waals surface area contributed by atoms with Crippen LogP contribution in [0, 0.1) is 5.92 Å². The van der Waals surface area contributed by atoms with Gasteiger partial charge in [-0.15, -0.1) is 0 Å². The third-order valence-electron chi connectivity index (χ3n) is 3.21. The molecule has 0 heteroatoms. The molecule has 1 unspecified atom stereocenters. The fourth-order valence-corrected chi connectivity index (χ4v) is 2.12. The Hall–Kier alpha value is -0.520. The summed E-state index contributed by atoms with van der Waals surface area (Å²) in [5.74, 6) is 0.881. The minimum atomic E-state index is 0.881. The van der Waals surface area contributed by atoms with Gasteiger partial charge in [0.15, 0.2) is 0 Å². The van der Waals surface area contributed by atoms with Gasteiger partial charge in [-0.3, -0.25) is 0 Å². The maximum atomic E-state index is 2.41. The van der Waals surface area contributed by atoms with Crippen LogP contribution in [0.1, 0.15) is 58.8 Å². The van der Waals surface area contributed by atoms with Gasteiger partial charge >= 0.3 is 0 Å². The lowest BCUT2D eigenvalue weighted by Crippen LogP contribution is -1.94. The smallest absolute Gasteiger partial charge is 0.0228 e. The van der Waals surface area contributed by atoms with E-state index >= 15 is 0 Å². The summed E-state index contributed by atoms with van der Waals surface area (Å²) in [5.41, 5.74) is 1.67. The van der Waals surface area contributed by atoms with Crippen LogP contribution in [0.2, 0.25) is 0 Å². The largest absolute Gasteiger partial charge is 0.0885 e. The van der Waals surface area contributed by atoms with Gasteiger partial charge in [-0.05, 0) is 51.4 Å². The normalized spacial score (nSPS) is 21.9. The molecule has 80 valence electrons. The first-order valence-corrected chi connectivity index (χ1v) is 6.17. The van der Waals surface area contributed by atoms with Crippen molar-refractivity contribution in [1.29, 1.82) is 0 Å². The molecule has 0 amide bonds. The summed E-state index contributed by atoms with van der Waals surface area (Å²) in [7, 11) is 0. The molecule has 1 aliphatic carbocycles. The second-order valence-corrected chi connectivity index (χ2v) is 4.35. The lowest BCUT2D eigenvalue weighted by molar-refractivity contribution is 0.566. The molecule has 0 N–H and O–H groups in total. The molecule has 1 aliphatic rings. The highest BCUT2D eigenvalue weighted by atomic mass is 14.1. The van der Waals surface area contributed by atoms with Crippen LogP contribution < -0.4 is 0 Å². The molecule has 0 saturated heterocycles. The fraction of sp³-hybridized carbons (Fsp3) is 0.714. The Morgan fingerprint density at radius 2 is 2.29 bits per heavy atom. The Balaban J connectivity index is 2.17. The number of rotatable bonds is 6. The van der Waals surface area contributed by atoms with Gasteiger partial charge in [0, 0.05) is 0 Å². The maximum absolute atomic E-state index is 2.41. The quantitative estimate of drug-likeness (QED) is 0.527. The molecule has 0 nitrogen and oxygen atoms in total. The molecule has 1 rings (SSSR count). The first-order chi connectivity index (χ1) is 6.86. The van der Waals surface area contributed by atoms with Gasteiger partial charge in [0.25, 0.3) is 0 Å². The zero-order chi connectivity index (χ0) is 10.2. The van der Waals surface area contributed by atoms with E-state index in [1.54, 1.807) is 5.57 Å². The van der Waals surface area contributed by atoms with Crippen molar-refractivity contribution in [2.45, 2.75) is 58.8 Å². The van der Waals surface area contributed by atoms with E-state index in [0.717, 1.165) is 5.92 Å². The SMILES string of the molecule is C/C=C(\CCCC)CCC1C=CCC1. The van der Waals surface area contributed by atoms with Gasteiger partial charge < -0.3 is 0 Å². The minimum Gasteiger partial charge on any atom is -0.0885 e. The van der Waals surface area contributed by atoms with E-state index in [-0.39, 0.29) is 0 Å². The molecule has 14 heavy (non-hydrogen) atoms. The van der Waals surface area contributed by atoms with Crippen molar-refractivity contribution in [3.05, 3.63) is 23.8 Å². The van der Waals surface area contributed by atoms with E-state index in [4.69, 9.17) is 0 Å². The number of allylic oxidation sites excluding steroid dienone is 4. The average molecular weight is 192 g/mol. The van der Waals surface area contributed by atoms with Crippen molar-refractivity contribution in [2.24, 2.45) is 5.92 Å². The standard InChI is InChI=1S/C14H24/c1-3-5-8-13(4-2)11-12-14-9-6-7-10-14/h4,6,9,14H,3,5,7-8,10-12H2,1-2H3/b13-4+. The third-order valence-corrected chi connectivity index (χ3v) is 3.21. The molecule has 0 aromatic rings. The van der Waals surface area contributed by atoms with Crippen molar-refractivity contribution in [3.8, 4) is 0 Å². The summed E-state index contributed by atoms with van der Waals surface area (Å²) in [4.78, 5) is 0. The lowest BCUT2D eigenvalue weighted by Gasteiger charge is -2.10. The van der Waals surface area contributed by atoms with Crippen LogP contribution in [0.3, 0.4) is 0 Å². The molecule has 0 aromatic carbocycles. The molecule has 0 aliphatic heterocycles. The highest BCUT2D eigenvalue weighted by Crippen LogP contribution is 2.25. The van der Waals surface area contributed by atoms with Gasteiger partial charge in [0.05, 0.1) is 0 Å². The molecule has 0 heterocycles. The molecule has 0 aromatic heterocycles. The molecule has 0 fully saturated rings. The molecule has 0 saturated carbocycles. The predicted molar refractivity (Wildman–Crippen MR) is 64.4 cm³/mol. The zero-order valence-electron chi connectivity index (χ0n) is 9.76.